The summed E-state index contributed by atoms with van der Waals surface area (Å²) >= 11 is 3.88. The number of benzene rings is 4. The van der Waals surface area contributed by atoms with Crippen LogP contribution in [-0.2, 0) is 9.54 Å². The molecule has 0 aliphatic rings. The third-order valence-corrected chi connectivity index (χ3v) is 7.29. The van der Waals surface area contributed by atoms with Gasteiger partial charge in [0.2, 0.25) is 5.91 Å². The van der Waals surface area contributed by atoms with Crippen LogP contribution in [-0.4, -0.2) is 10.3 Å². The van der Waals surface area contributed by atoms with Gasteiger partial charge in [0.25, 0.3) is 0 Å². The number of carbonyl (C=O) groups is 1. The van der Waals surface area contributed by atoms with E-state index < -0.39 is 4.75 Å². The highest BCUT2D eigenvalue weighted by Crippen LogP contribution is 2.51. The number of carbonyl (C=O) groups excluding carboxylic acids is 1. The van der Waals surface area contributed by atoms with Crippen molar-refractivity contribution in [1.29, 1.82) is 0 Å². The molecule has 0 atom stereocenters. The molecule has 4 aromatic rings. The van der Waals surface area contributed by atoms with E-state index in [9.17, 15) is 4.79 Å². The molecule has 0 heterocycles. The van der Waals surface area contributed by atoms with Gasteiger partial charge >= 0.3 is 0 Å². The molecule has 2 nitrogen and oxygen atoms in total. The lowest BCUT2D eigenvalue weighted by Gasteiger charge is -2.35. The topological polar surface area (TPSA) is 29.1 Å². The molecule has 0 aliphatic heterocycles. The Kier molecular flexibility index (Phi) is 7.10. The molecular formula is C27H22INOS. The van der Waals surface area contributed by atoms with Gasteiger partial charge in [0.1, 0.15) is 0 Å². The van der Waals surface area contributed by atoms with E-state index in [0.717, 1.165) is 10.6 Å². The van der Waals surface area contributed by atoms with Gasteiger partial charge in [-0.3, -0.25) is 4.79 Å². The molecule has 4 rings (SSSR count). The molecule has 0 fully saturated rings. The first-order valence-electron chi connectivity index (χ1n) is 10.0. The van der Waals surface area contributed by atoms with E-state index in [-0.39, 0.29) is 5.91 Å². The number of anilines is 1. The van der Waals surface area contributed by atoms with E-state index in [1.165, 1.54) is 16.7 Å². The molecule has 1 amide bonds. The summed E-state index contributed by atoms with van der Waals surface area (Å²) in [7, 11) is 0. The maximum absolute atomic E-state index is 11.7. The summed E-state index contributed by atoms with van der Waals surface area (Å²) in [6, 6.07) is 40.0. The van der Waals surface area contributed by atoms with E-state index in [1.807, 2.05) is 23.9 Å². The summed E-state index contributed by atoms with van der Waals surface area (Å²) in [5, 5.41) is 2.92. The Morgan fingerprint density at radius 1 is 0.677 bits per heavy atom. The summed E-state index contributed by atoms with van der Waals surface area (Å²) in [6.07, 6.45) is 0. The predicted molar refractivity (Wildman–Crippen MR) is 139 cm³/mol. The van der Waals surface area contributed by atoms with Crippen LogP contribution in [0.3, 0.4) is 0 Å². The standard InChI is InChI=1S/C27H22INOS/c28-20-26(30)29-24-16-18-25(19-17-24)31-27(21-10-4-1-5-11-21,22-12-6-2-7-13-22)23-14-8-3-9-15-23/h1-19H,20H2,(H,29,30). The number of thioether (sulfide) groups is 1. The zero-order chi connectivity index (χ0) is 21.5. The minimum Gasteiger partial charge on any atom is -0.325 e. The Morgan fingerprint density at radius 2 is 1.10 bits per heavy atom. The number of amides is 1. The molecule has 0 bridgehead atoms. The Bertz CT molecular complexity index is 1020. The largest absolute Gasteiger partial charge is 0.325 e. The fraction of sp³-hybridized carbons (Fsp3) is 0.0741. The van der Waals surface area contributed by atoms with E-state index in [0.29, 0.717) is 4.43 Å². The smallest absolute Gasteiger partial charge is 0.234 e. The van der Waals surface area contributed by atoms with Crippen LogP contribution in [0.2, 0.25) is 0 Å². The highest BCUT2D eigenvalue weighted by atomic mass is 127. The van der Waals surface area contributed by atoms with Crippen LogP contribution in [0.4, 0.5) is 5.69 Å². The van der Waals surface area contributed by atoms with Crippen molar-refractivity contribution in [3.8, 4) is 0 Å². The van der Waals surface area contributed by atoms with Crippen molar-refractivity contribution in [2.45, 2.75) is 9.64 Å². The first-order valence-corrected chi connectivity index (χ1v) is 12.4. The Morgan fingerprint density at radius 3 is 1.48 bits per heavy atom. The predicted octanol–water partition coefficient (Wildman–Crippen LogP) is 7.14. The van der Waals surface area contributed by atoms with Gasteiger partial charge in [-0.25, -0.2) is 0 Å². The van der Waals surface area contributed by atoms with Gasteiger partial charge in [-0.1, -0.05) is 114 Å². The van der Waals surface area contributed by atoms with Crippen molar-refractivity contribution in [3.05, 3.63) is 132 Å². The molecule has 0 aliphatic carbocycles. The van der Waals surface area contributed by atoms with Crippen LogP contribution < -0.4 is 5.32 Å². The van der Waals surface area contributed by atoms with Crippen LogP contribution >= 0.6 is 34.4 Å². The van der Waals surface area contributed by atoms with E-state index in [4.69, 9.17) is 0 Å². The summed E-state index contributed by atoms with van der Waals surface area (Å²) in [5.41, 5.74) is 4.48. The summed E-state index contributed by atoms with van der Waals surface area (Å²) in [6.45, 7) is 0. The molecular weight excluding hydrogens is 513 g/mol. The fourth-order valence-corrected chi connectivity index (χ4v) is 5.25. The monoisotopic (exact) mass is 535 g/mol. The quantitative estimate of drug-likeness (QED) is 0.118. The van der Waals surface area contributed by atoms with Crippen LogP contribution in [0.5, 0.6) is 0 Å². The first kappa shape index (κ1) is 21.7. The number of rotatable bonds is 7. The van der Waals surface area contributed by atoms with Gasteiger partial charge in [-0.15, -0.1) is 11.8 Å². The van der Waals surface area contributed by atoms with Crippen LogP contribution in [0.1, 0.15) is 16.7 Å². The van der Waals surface area contributed by atoms with Crippen LogP contribution in [0.25, 0.3) is 0 Å². The summed E-state index contributed by atoms with van der Waals surface area (Å²) in [5.74, 6) is 0.00760. The summed E-state index contributed by atoms with van der Waals surface area (Å²) in [4.78, 5) is 12.9. The minimum atomic E-state index is -0.406. The Balaban J connectivity index is 1.84. The number of hydrogen-bond acceptors (Lipinski definition) is 2. The molecule has 0 aromatic heterocycles. The Hall–Kier alpha value is -2.57. The Labute approximate surface area is 201 Å². The maximum Gasteiger partial charge on any atom is 0.234 e. The molecule has 0 saturated heterocycles. The van der Waals surface area contributed by atoms with E-state index >= 15 is 0 Å². The van der Waals surface area contributed by atoms with Gasteiger partial charge in [0.05, 0.1) is 9.17 Å². The lowest BCUT2D eigenvalue weighted by atomic mass is 9.84. The van der Waals surface area contributed by atoms with Crippen molar-refractivity contribution in [2.24, 2.45) is 0 Å². The molecule has 4 aromatic carbocycles. The minimum absolute atomic E-state index is 0.00760. The molecule has 0 saturated carbocycles. The first-order chi connectivity index (χ1) is 15.2. The third kappa shape index (κ3) is 4.86. The number of alkyl halides is 1. The molecule has 1 N–H and O–H groups in total. The van der Waals surface area contributed by atoms with Crippen molar-refractivity contribution >= 4 is 45.9 Å². The number of halogens is 1. The zero-order valence-electron chi connectivity index (χ0n) is 16.9. The third-order valence-electron chi connectivity index (χ3n) is 5.07. The SMILES string of the molecule is O=C(CI)Nc1ccc(SC(c2ccccc2)(c2ccccc2)c2ccccc2)cc1. The molecule has 31 heavy (non-hydrogen) atoms. The van der Waals surface area contributed by atoms with Crippen LogP contribution in [0.15, 0.2) is 120 Å². The lowest BCUT2D eigenvalue weighted by Crippen LogP contribution is -2.25. The second-order valence-electron chi connectivity index (χ2n) is 7.09. The van der Waals surface area contributed by atoms with Gasteiger partial charge in [-0.05, 0) is 41.0 Å². The van der Waals surface area contributed by atoms with Crippen molar-refractivity contribution < 1.29 is 4.79 Å². The lowest BCUT2D eigenvalue weighted by molar-refractivity contribution is -0.113. The van der Waals surface area contributed by atoms with Crippen LogP contribution in [0, 0.1) is 0 Å². The van der Waals surface area contributed by atoms with Crippen molar-refractivity contribution in [2.75, 3.05) is 9.74 Å². The van der Waals surface area contributed by atoms with Crippen molar-refractivity contribution in [3.63, 3.8) is 0 Å². The average Bonchev–Trinajstić information content (AvgIpc) is 2.85. The van der Waals surface area contributed by atoms with E-state index in [1.54, 1.807) is 0 Å². The highest BCUT2D eigenvalue weighted by molar-refractivity contribution is 14.1. The highest BCUT2D eigenvalue weighted by Gasteiger charge is 2.37. The molecule has 4 heteroatoms. The van der Waals surface area contributed by atoms with Crippen molar-refractivity contribution in [1.82, 2.24) is 0 Å². The maximum atomic E-state index is 11.7. The number of nitrogens with one attached hydrogen (secondary N) is 1. The van der Waals surface area contributed by atoms with E-state index in [2.05, 4.69) is 131 Å². The normalized spacial score (nSPS) is 11.1. The molecule has 0 spiro atoms. The second-order valence-corrected chi connectivity index (χ2v) is 9.14. The average molecular weight is 535 g/mol. The number of hydrogen-bond donors (Lipinski definition) is 1. The summed E-state index contributed by atoms with van der Waals surface area (Å²) < 4.78 is 0.0319. The van der Waals surface area contributed by atoms with Gasteiger partial charge < -0.3 is 5.32 Å². The molecule has 154 valence electrons. The van der Waals surface area contributed by atoms with Gasteiger partial charge in [-0.2, -0.15) is 0 Å². The fourth-order valence-electron chi connectivity index (χ4n) is 3.67. The second kappa shape index (κ2) is 10.2. The molecule has 0 radical (unpaired) electrons. The van der Waals surface area contributed by atoms with Gasteiger partial charge in [0.15, 0.2) is 0 Å². The zero-order valence-corrected chi connectivity index (χ0v) is 19.8. The molecule has 0 unspecified atom stereocenters. The van der Waals surface area contributed by atoms with Gasteiger partial charge in [0, 0.05) is 10.6 Å².